The van der Waals surface area contributed by atoms with Gasteiger partial charge >= 0.3 is 0 Å². The van der Waals surface area contributed by atoms with Crippen LogP contribution in [-0.2, 0) is 10.0 Å². The highest BCUT2D eigenvalue weighted by molar-refractivity contribution is 14.1. The van der Waals surface area contributed by atoms with Crippen molar-refractivity contribution < 1.29 is 13.2 Å². The second kappa shape index (κ2) is 8.26. The number of carbonyl (C=O) groups excluding carboxylic acids is 1. The fraction of sp³-hybridized carbons (Fsp3) is 0.316. The van der Waals surface area contributed by atoms with E-state index in [9.17, 15) is 13.2 Å². The summed E-state index contributed by atoms with van der Waals surface area (Å²) in [5.41, 5.74) is 2.24. The van der Waals surface area contributed by atoms with Crippen LogP contribution in [0, 0.1) is 10.5 Å². The summed E-state index contributed by atoms with van der Waals surface area (Å²) in [5, 5.41) is 6.00. The number of aryl methyl sites for hydroxylation is 1. The molecule has 1 amide bonds. The summed E-state index contributed by atoms with van der Waals surface area (Å²) in [4.78, 5) is 12.6. The smallest absolute Gasteiger partial charge is 0.255 e. The summed E-state index contributed by atoms with van der Waals surface area (Å²) in [6, 6.07) is 11.7. The Kier molecular flexibility index (Phi) is 6.19. The summed E-state index contributed by atoms with van der Waals surface area (Å²) >= 11 is 2.19. The van der Waals surface area contributed by atoms with E-state index in [1.54, 1.807) is 30.3 Å². The number of sulfonamides is 1. The number of nitrogens with zero attached hydrogens (tertiary/aromatic N) is 1. The third-order valence-electron chi connectivity index (χ3n) is 4.59. The lowest BCUT2D eigenvalue weighted by atomic mass is 10.1. The maximum absolute atomic E-state index is 12.8. The van der Waals surface area contributed by atoms with E-state index in [-0.39, 0.29) is 16.8 Å². The van der Waals surface area contributed by atoms with Crippen molar-refractivity contribution in [1.29, 1.82) is 0 Å². The van der Waals surface area contributed by atoms with Gasteiger partial charge in [-0.25, -0.2) is 8.42 Å². The van der Waals surface area contributed by atoms with E-state index in [0.717, 1.165) is 9.13 Å². The molecule has 1 aliphatic heterocycles. The van der Waals surface area contributed by atoms with E-state index in [2.05, 4.69) is 33.2 Å². The molecule has 2 N–H and O–H groups in total. The highest BCUT2D eigenvalue weighted by Crippen LogP contribution is 2.22. The number of benzene rings is 2. The number of rotatable bonds is 4. The van der Waals surface area contributed by atoms with Gasteiger partial charge in [-0.15, -0.1) is 0 Å². The minimum absolute atomic E-state index is 0.0906. The Labute approximate surface area is 173 Å². The Morgan fingerprint density at radius 2 is 1.93 bits per heavy atom. The van der Waals surface area contributed by atoms with E-state index in [0.29, 0.717) is 30.9 Å². The van der Waals surface area contributed by atoms with Gasteiger partial charge in [-0.05, 0) is 78.4 Å². The van der Waals surface area contributed by atoms with Gasteiger partial charge in [0.2, 0.25) is 10.0 Å². The first-order valence-corrected chi connectivity index (χ1v) is 11.2. The monoisotopic (exact) mass is 499 g/mol. The molecule has 0 saturated carbocycles. The Balaban J connectivity index is 1.75. The van der Waals surface area contributed by atoms with E-state index in [1.165, 1.54) is 4.31 Å². The van der Waals surface area contributed by atoms with Crippen LogP contribution in [0.15, 0.2) is 47.4 Å². The zero-order valence-corrected chi connectivity index (χ0v) is 18.2. The molecule has 0 aliphatic carbocycles. The first kappa shape index (κ1) is 20.2. The SMILES string of the molecule is Cc1ccc(C(=O)Nc2ccc(S(=O)(=O)N3CCNC[C@H]3C)cc2)cc1I. The van der Waals surface area contributed by atoms with Crippen molar-refractivity contribution in [2.24, 2.45) is 0 Å². The summed E-state index contributed by atoms with van der Waals surface area (Å²) in [6.07, 6.45) is 0. The normalized spacial score (nSPS) is 18.3. The zero-order chi connectivity index (χ0) is 19.6. The van der Waals surface area contributed by atoms with Gasteiger partial charge in [-0.1, -0.05) is 6.07 Å². The average Bonchev–Trinajstić information content (AvgIpc) is 2.64. The van der Waals surface area contributed by atoms with Gasteiger partial charge in [-0.2, -0.15) is 4.31 Å². The quantitative estimate of drug-likeness (QED) is 0.635. The van der Waals surface area contributed by atoms with E-state index >= 15 is 0 Å². The average molecular weight is 499 g/mol. The molecule has 0 aromatic heterocycles. The van der Waals surface area contributed by atoms with Gasteiger partial charge in [0, 0.05) is 40.5 Å². The standard InChI is InChI=1S/C19H22IN3O3S/c1-13-3-4-15(11-18(13)20)19(24)22-16-5-7-17(8-6-16)27(25,26)23-10-9-21-12-14(23)2/h3-8,11,14,21H,9-10,12H2,1-2H3,(H,22,24)/t14-/m1/s1. The third kappa shape index (κ3) is 4.50. The van der Waals surface area contributed by atoms with Gasteiger partial charge in [0.25, 0.3) is 5.91 Å². The van der Waals surface area contributed by atoms with Crippen molar-refractivity contribution in [3.63, 3.8) is 0 Å². The number of nitrogens with one attached hydrogen (secondary N) is 2. The van der Waals surface area contributed by atoms with Crippen LogP contribution in [0.4, 0.5) is 5.69 Å². The van der Waals surface area contributed by atoms with E-state index < -0.39 is 10.0 Å². The number of carbonyl (C=O) groups is 1. The molecule has 27 heavy (non-hydrogen) atoms. The Bertz CT molecular complexity index is 945. The maximum Gasteiger partial charge on any atom is 0.255 e. The van der Waals surface area contributed by atoms with Crippen molar-refractivity contribution in [3.05, 3.63) is 57.2 Å². The summed E-state index contributed by atoms with van der Waals surface area (Å²) < 4.78 is 28.2. The fourth-order valence-corrected chi connectivity index (χ4v) is 5.11. The molecule has 8 heteroatoms. The van der Waals surface area contributed by atoms with Crippen molar-refractivity contribution in [2.75, 3.05) is 25.0 Å². The van der Waals surface area contributed by atoms with Crippen molar-refractivity contribution in [1.82, 2.24) is 9.62 Å². The van der Waals surface area contributed by atoms with Gasteiger partial charge in [0.1, 0.15) is 0 Å². The molecular formula is C19H22IN3O3S. The molecule has 1 saturated heterocycles. The van der Waals surface area contributed by atoms with E-state index in [1.807, 2.05) is 26.0 Å². The molecule has 0 unspecified atom stereocenters. The number of hydrogen-bond donors (Lipinski definition) is 2. The number of anilines is 1. The van der Waals surface area contributed by atoms with Gasteiger partial charge in [0.15, 0.2) is 0 Å². The Morgan fingerprint density at radius 1 is 1.22 bits per heavy atom. The van der Waals surface area contributed by atoms with Crippen molar-refractivity contribution >= 4 is 44.2 Å². The Morgan fingerprint density at radius 3 is 2.56 bits per heavy atom. The molecule has 1 atom stereocenters. The van der Waals surface area contributed by atoms with Crippen LogP contribution in [0.2, 0.25) is 0 Å². The lowest BCUT2D eigenvalue weighted by Crippen LogP contribution is -2.52. The van der Waals surface area contributed by atoms with Gasteiger partial charge < -0.3 is 10.6 Å². The molecule has 0 bridgehead atoms. The van der Waals surface area contributed by atoms with Crippen LogP contribution in [0.5, 0.6) is 0 Å². The van der Waals surface area contributed by atoms with Crippen LogP contribution < -0.4 is 10.6 Å². The summed E-state index contributed by atoms with van der Waals surface area (Å²) in [7, 11) is -3.54. The van der Waals surface area contributed by atoms with Crippen LogP contribution >= 0.6 is 22.6 Å². The lowest BCUT2D eigenvalue weighted by molar-refractivity contribution is 0.102. The predicted molar refractivity (Wildman–Crippen MR) is 115 cm³/mol. The number of hydrogen-bond acceptors (Lipinski definition) is 4. The van der Waals surface area contributed by atoms with Crippen LogP contribution in [0.1, 0.15) is 22.8 Å². The fourth-order valence-electron chi connectivity index (χ4n) is 2.96. The molecule has 2 aromatic carbocycles. The van der Waals surface area contributed by atoms with Crippen molar-refractivity contribution in [2.45, 2.75) is 24.8 Å². The Hall–Kier alpha value is -1.49. The van der Waals surface area contributed by atoms with Crippen LogP contribution in [-0.4, -0.2) is 44.3 Å². The van der Waals surface area contributed by atoms with Crippen molar-refractivity contribution in [3.8, 4) is 0 Å². The van der Waals surface area contributed by atoms with Crippen LogP contribution in [0.25, 0.3) is 0 Å². The highest BCUT2D eigenvalue weighted by atomic mass is 127. The minimum Gasteiger partial charge on any atom is -0.322 e. The second-order valence-corrected chi connectivity index (χ2v) is 9.66. The molecule has 1 heterocycles. The topological polar surface area (TPSA) is 78.5 Å². The molecule has 144 valence electrons. The molecule has 0 radical (unpaired) electrons. The van der Waals surface area contributed by atoms with E-state index in [4.69, 9.17) is 0 Å². The van der Waals surface area contributed by atoms with Gasteiger partial charge in [0.05, 0.1) is 4.90 Å². The van der Waals surface area contributed by atoms with Crippen LogP contribution in [0.3, 0.4) is 0 Å². The molecular weight excluding hydrogens is 477 g/mol. The minimum atomic E-state index is -3.54. The number of halogens is 1. The third-order valence-corrected chi connectivity index (χ3v) is 7.78. The van der Waals surface area contributed by atoms with Gasteiger partial charge in [-0.3, -0.25) is 4.79 Å². The highest BCUT2D eigenvalue weighted by Gasteiger charge is 2.30. The number of amides is 1. The molecule has 0 spiro atoms. The largest absolute Gasteiger partial charge is 0.322 e. The summed E-state index contributed by atoms with van der Waals surface area (Å²) in [6.45, 7) is 5.62. The molecule has 1 fully saturated rings. The molecule has 6 nitrogen and oxygen atoms in total. The zero-order valence-electron chi connectivity index (χ0n) is 15.2. The second-order valence-electron chi connectivity index (χ2n) is 6.61. The predicted octanol–water partition coefficient (Wildman–Crippen LogP) is 2.83. The maximum atomic E-state index is 12.8. The number of piperazine rings is 1. The molecule has 1 aliphatic rings. The first-order chi connectivity index (χ1) is 12.8. The summed E-state index contributed by atoms with van der Waals surface area (Å²) in [5.74, 6) is -0.223. The first-order valence-electron chi connectivity index (χ1n) is 8.69. The molecule has 3 rings (SSSR count). The lowest BCUT2D eigenvalue weighted by Gasteiger charge is -2.32. The molecule has 2 aromatic rings.